The molecule has 2 aliphatic rings. The molecule has 27 heavy (non-hydrogen) atoms. The van der Waals surface area contributed by atoms with E-state index in [0.717, 1.165) is 55.6 Å². The van der Waals surface area contributed by atoms with Gasteiger partial charge in [-0.1, -0.05) is 49.8 Å². The van der Waals surface area contributed by atoms with E-state index in [0.29, 0.717) is 0 Å². The SMILES string of the molecule is CCCC1=C(C(=O)c2ccccc2)N2CCCC(C(=O)OC(C)C)C=C2C1. The number of hydrogen-bond acceptors (Lipinski definition) is 4. The van der Waals surface area contributed by atoms with E-state index in [1.54, 1.807) is 0 Å². The van der Waals surface area contributed by atoms with Crippen LogP contribution >= 0.6 is 0 Å². The molecule has 4 nitrogen and oxygen atoms in total. The van der Waals surface area contributed by atoms with Crippen molar-refractivity contribution in [1.82, 2.24) is 4.90 Å². The highest BCUT2D eigenvalue weighted by atomic mass is 16.5. The number of esters is 1. The predicted molar refractivity (Wildman–Crippen MR) is 106 cm³/mol. The number of benzene rings is 1. The maximum Gasteiger partial charge on any atom is 0.313 e. The lowest BCUT2D eigenvalue weighted by Gasteiger charge is -2.22. The Kier molecular flexibility index (Phi) is 6.15. The number of ketones is 1. The molecule has 1 atom stereocenters. The zero-order valence-corrected chi connectivity index (χ0v) is 16.5. The molecule has 1 aromatic rings. The molecule has 2 aliphatic heterocycles. The van der Waals surface area contributed by atoms with Gasteiger partial charge in [-0.3, -0.25) is 9.59 Å². The van der Waals surface area contributed by atoms with Crippen molar-refractivity contribution in [2.24, 2.45) is 5.92 Å². The number of Topliss-reactive ketones (excluding diaryl/α,β-unsaturated/α-hetero) is 1. The highest BCUT2D eigenvalue weighted by Gasteiger charge is 2.34. The number of allylic oxidation sites excluding steroid dienone is 2. The van der Waals surface area contributed by atoms with Crippen LogP contribution in [0.3, 0.4) is 0 Å². The fourth-order valence-electron chi connectivity index (χ4n) is 3.94. The molecule has 144 valence electrons. The van der Waals surface area contributed by atoms with Crippen molar-refractivity contribution < 1.29 is 14.3 Å². The first-order chi connectivity index (χ1) is 13.0. The van der Waals surface area contributed by atoms with E-state index in [1.807, 2.05) is 50.3 Å². The van der Waals surface area contributed by atoms with Gasteiger partial charge < -0.3 is 9.64 Å². The Morgan fingerprint density at radius 2 is 1.96 bits per heavy atom. The van der Waals surface area contributed by atoms with Gasteiger partial charge in [0.1, 0.15) is 0 Å². The smallest absolute Gasteiger partial charge is 0.313 e. The second kappa shape index (κ2) is 8.55. The van der Waals surface area contributed by atoms with E-state index in [1.165, 1.54) is 5.57 Å². The van der Waals surface area contributed by atoms with Crippen LogP contribution in [0.25, 0.3) is 0 Å². The van der Waals surface area contributed by atoms with Crippen molar-refractivity contribution in [2.45, 2.75) is 59.0 Å². The topological polar surface area (TPSA) is 46.6 Å². The number of nitrogens with zero attached hydrogens (tertiary/aromatic N) is 1. The van der Waals surface area contributed by atoms with Crippen LogP contribution in [0.2, 0.25) is 0 Å². The second-order valence-corrected chi connectivity index (χ2v) is 7.62. The fraction of sp³-hybridized carbons (Fsp3) is 0.478. The molecule has 0 radical (unpaired) electrons. The summed E-state index contributed by atoms with van der Waals surface area (Å²) in [5.41, 5.74) is 3.82. The quantitative estimate of drug-likeness (QED) is 0.531. The zero-order chi connectivity index (χ0) is 19.4. The maximum absolute atomic E-state index is 13.2. The van der Waals surface area contributed by atoms with Crippen molar-refractivity contribution in [2.75, 3.05) is 6.54 Å². The number of hydrogen-bond donors (Lipinski definition) is 0. The highest BCUT2D eigenvalue weighted by Crippen LogP contribution is 2.39. The van der Waals surface area contributed by atoms with Gasteiger partial charge >= 0.3 is 5.97 Å². The summed E-state index contributed by atoms with van der Waals surface area (Å²) in [7, 11) is 0. The number of carbonyl (C=O) groups excluding carboxylic acids is 2. The number of ether oxygens (including phenoxy) is 1. The molecule has 0 fully saturated rings. The van der Waals surface area contributed by atoms with Crippen molar-refractivity contribution in [1.29, 1.82) is 0 Å². The van der Waals surface area contributed by atoms with Crippen LogP contribution in [-0.4, -0.2) is 29.3 Å². The highest BCUT2D eigenvalue weighted by molar-refractivity contribution is 6.09. The van der Waals surface area contributed by atoms with Gasteiger partial charge in [0.05, 0.1) is 17.7 Å². The summed E-state index contributed by atoms with van der Waals surface area (Å²) < 4.78 is 5.43. The van der Waals surface area contributed by atoms with E-state index < -0.39 is 0 Å². The van der Waals surface area contributed by atoms with Crippen LogP contribution in [-0.2, 0) is 9.53 Å². The molecule has 2 heterocycles. The molecule has 3 rings (SSSR count). The van der Waals surface area contributed by atoms with Gasteiger partial charge in [0.15, 0.2) is 0 Å². The number of fused-ring (bicyclic) bond motifs is 1. The lowest BCUT2D eigenvalue weighted by molar-refractivity contribution is -0.150. The first kappa shape index (κ1) is 19.4. The van der Waals surface area contributed by atoms with Gasteiger partial charge in [-0.05, 0) is 38.7 Å². The molecular formula is C23H29NO3. The lowest BCUT2D eigenvalue weighted by atomic mass is 9.99. The molecular weight excluding hydrogens is 338 g/mol. The monoisotopic (exact) mass is 367 g/mol. The van der Waals surface area contributed by atoms with Crippen LogP contribution in [0.5, 0.6) is 0 Å². The lowest BCUT2D eigenvalue weighted by Crippen LogP contribution is -2.24. The van der Waals surface area contributed by atoms with Crippen molar-refractivity contribution in [3.63, 3.8) is 0 Å². The van der Waals surface area contributed by atoms with Gasteiger partial charge in [-0.2, -0.15) is 0 Å². The molecule has 0 saturated carbocycles. The second-order valence-electron chi connectivity index (χ2n) is 7.62. The minimum Gasteiger partial charge on any atom is -0.463 e. The van der Waals surface area contributed by atoms with Gasteiger partial charge in [-0.15, -0.1) is 0 Å². The minimum absolute atomic E-state index is 0.0886. The number of rotatable bonds is 6. The Hall–Kier alpha value is -2.36. The largest absolute Gasteiger partial charge is 0.463 e. The third kappa shape index (κ3) is 4.32. The summed E-state index contributed by atoms with van der Waals surface area (Å²) in [6.45, 7) is 6.67. The van der Waals surface area contributed by atoms with E-state index in [-0.39, 0.29) is 23.8 Å². The summed E-state index contributed by atoms with van der Waals surface area (Å²) in [5, 5.41) is 0. The Labute approximate surface area is 161 Å². The summed E-state index contributed by atoms with van der Waals surface area (Å²) in [6, 6.07) is 9.48. The molecule has 4 heteroatoms. The standard InChI is InChI=1S/C23H29NO3/c1-4-9-18-14-20-15-19(23(26)27-16(2)3)12-8-13-24(20)21(18)22(25)17-10-6-5-7-11-17/h5-7,10-11,15-16,19H,4,8-9,12-14H2,1-3H3. The molecule has 0 bridgehead atoms. The third-order valence-corrected chi connectivity index (χ3v) is 5.09. The average molecular weight is 367 g/mol. The van der Waals surface area contributed by atoms with Gasteiger partial charge in [0.25, 0.3) is 0 Å². The van der Waals surface area contributed by atoms with Crippen LogP contribution in [0.4, 0.5) is 0 Å². The zero-order valence-electron chi connectivity index (χ0n) is 16.5. The molecule has 1 unspecified atom stereocenters. The summed E-state index contributed by atoms with van der Waals surface area (Å²) in [4.78, 5) is 27.8. The van der Waals surface area contributed by atoms with Crippen LogP contribution < -0.4 is 0 Å². The molecule has 1 aromatic carbocycles. The Morgan fingerprint density at radius 1 is 1.22 bits per heavy atom. The normalized spacial score (nSPS) is 19.6. The summed E-state index contributed by atoms with van der Waals surface area (Å²) >= 11 is 0. The third-order valence-electron chi connectivity index (χ3n) is 5.09. The first-order valence-electron chi connectivity index (χ1n) is 10.0. The van der Waals surface area contributed by atoms with Crippen LogP contribution in [0.15, 0.2) is 53.4 Å². The van der Waals surface area contributed by atoms with Gasteiger partial charge in [0, 0.05) is 24.2 Å². The van der Waals surface area contributed by atoms with Crippen molar-refractivity contribution in [3.05, 3.63) is 58.9 Å². The molecule has 0 amide bonds. The molecule has 0 N–H and O–H groups in total. The number of carbonyl (C=O) groups is 2. The fourth-order valence-corrected chi connectivity index (χ4v) is 3.94. The first-order valence-corrected chi connectivity index (χ1v) is 10.0. The van der Waals surface area contributed by atoms with E-state index in [2.05, 4.69) is 11.8 Å². The Bertz CT molecular complexity index is 761. The van der Waals surface area contributed by atoms with Gasteiger partial charge in [-0.25, -0.2) is 0 Å². The van der Waals surface area contributed by atoms with Crippen molar-refractivity contribution >= 4 is 11.8 Å². The molecule has 0 aliphatic carbocycles. The molecule has 0 aromatic heterocycles. The van der Waals surface area contributed by atoms with E-state index in [9.17, 15) is 9.59 Å². The summed E-state index contributed by atoms with van der Waals surface area (Å²) in [6.07, 6.45) is 6.22. The van der Waals surface area contributed by atoms with Crippen LogP contribution in [0, 0.1) is 5.92 Å². The Morgan fingerprint density at radius 3 is 2.63 bits per heavy atom. The average Bonchev–Trinajstić information content (AvgIpc) is 2.83. The molecule has 0 spiro atoms. The van der Waals surface area contributed by atoms with Crippen LogP contribution in [0.1, 0.15) is 63.2 Å². The Balaban J connectivity index is 1.91. The minimum atomic E-state index is -0.221. The summed E-state index contributed by atoms with van der Waals surface area (Å²) in [5.74, 6) is -0.286. The van der Waals surface area contributed by atoms with Gasteiger partial charge in [0.2, 0.25) is 5.78 Å². The predicted octanol–water partition coefficient (Wildman–Crippen LogP) is 4.87. The maximum atomic E-state index is 13.2. The molecule has 0 saturated heterocycles. The van der Waals surface area contributed by atoms with E-state index in [4.69, 9.17) is 4.74 Å². The van der Waals surface area contributed by atoms with Crippen molar-refractivity contribution in [3.8, 4) is 0 Å². The van der Waals surface area contributed by atoms with E-state index >= 15 is 0 Å².